The first-order chi connectivity index (χ1) is 16.7. The minimum Gasteiger partial charge on any atom is -0.431 e. The van der Waals surface area contributed by atoms with Crippen molar-refractivity contribution in [2.75, 3.05) is 37.2 Å². The number of aromatic nitrogens is 1. The third kappa shape index (κ3) is 6.74. The molecule has 0 bridgehead atoms. The van der Waals surface area contributed by atoms with Crippen LogP contribution in [0.1, 0.15) is 41.4 Å². The number of carbonyl (C=O) groups is 1. The Hall–Kier alpha value is -2.69. The summed E-state index contributed by atoms with van der Waals surface area (Å²) in [6.07, 6.45) is -3.03. The summed E-state index contributed by atoms with van der Waals surface area (Å²) in [7, 11) is -7.82. The summed E-state index contributed by atoms with van der Waals surface area (Å²) < 4.78 is 98.1. The standard InChI is InChI=1S/C20H26F3N5O6S2/c1-3-11-35(30,31)27-7-4-8-28(10-9-27)36(32,33)26-18(29)17-13-34-19(25-17)24-16-12-15(20(21,22)23)6-5-14(16)2/h5-6,12-13H,3-4,7-11H2,1-2H3,(H,24,25)(H,26,29). The van der Waals surface area contributed by atoms with Crippen molar-refractivity contribution in [3.05, 3.63) is 41.3 Å². The van der Waals surface area contributed by atoms with Gasteiger partial charge in [-0.25, -0.2) is 17.4 Å². The van der Waals surface area contributed by atoms with Gasteiger partial charge in [-0.2, -0.15) is 30.9 Å². The number of amides is 1. The van der Waals surface area contributed by atoms with Crippen LogP contribution in [0.15, 0.2) is 28.9 Å². The SMILES string of the molecule is CCCS(=O)(=O)N1CCCN(S(=O)(=O)NC(=O)c2coc(Nc3cc(C(F)(F)F)ccc3C)n2)CC1. The first-order valence-corrected chi connectivity index (χ1v) is 14.0. The number of oxazole rings is 1. The van der Waals surface area contributed by atoms with Crippen molar-refractivity contribution in [2.45, 2.75) is 32.9 Å². The second-order valence-corrected chi connectivity index (χ2v) is 11.9. The monoisotopic (exact) mass is 553 g/mol. The Labute approximate surface area is 206 Å². The molecule has 0 saturated carbocycles. The lowest BCUT2D eigenvalue weighted by molar-refractivity contribution is -0.137. The fourth-order valence-electron chi connectivity index (χ4n) is 3.49. The Kier molecular flexibility index (Phi) is 8.32. The molecule has 0 aliphatic carbocycles. The van der Waals surface area contributed by atoms with Crippen LogP contribution >= 0.6 is 0 Å². The van der Waals surface area contributed by atoms with Gasteiger partial charge in [-0.15, -0.1) is 0 Å². The molecule has 2 aromatic rings. The molecule has 1 aromatic heterocycles. The number of benzene rings is 1. The van der Waals surface area contributed by atoms with Crippen molar-refractivity contribution in [3.8, 4) is 0 Å². The summed E-state index contributed by atoms with van der Waals surface area (Å²) in [6.45, 7) is 3.25. The van der Waals surface area contributed by atoms with Gasteiger partial charge in [-0.1, -0.05) is 13.0 Å². The van der Waals surface area contributed by atoms with E-state index in [2.05, 4.69) is 10.3 Å². The van der Waals surface area contributed by atoms with Crippen molar-refractivity contribution < 1.29 is 39.2 Å². The third-order valence-corrected chi connectivity index (χ3v) is 8.94. The molecule has 1 aliphatic rings. The number of anilines is 2. The first kappa shape index (κ1) is 27.9. The zero-order chi connectivity index (χ0) is 26.7. The number of alkyl halides is 3. The van der Waals surface area contributed by atoms with Gasteiger partial charge in [0.15, 0.2) is 5.69 Å². The van der Waals surface area contributed by atoms with E-state index in [4.69, 9.17) is 4.42 Å². The molecule has 0 spiro atoms. The highest BCUT2D eigenvalue weighted by Crippen LogP contribution is 2.33. The van der Waals surface area contributed by atoms with Crippen LogP contribution in [0.5, 0.6) is 0 Å². The maximum absolute atomic E-state index is 13.0. The maximum atomic E-state index is 13.0. The van der Waals surface area contributed by atoms with Gasteiger partial charge in [0.2, 0.25) is 10.0 Å². The minimum absolute atomic E-state index is 0.00119. The van der Waals surface area contributed by atoms with E-state index in [0.29, 0.717) is 12.0 Å². The van der Waals surface area contributed by atoms with E-state index in [1.807, 2.05) is 4.72 Å². The highest BCUT2D eigenvalue weighted by molar-refractivity contribution is 7.89. The van der Waals surface area contributed by atoms with E-state index in [9.17, 15) is 34.8 Å². The molecule has 3 rings (SSSR count). The number of aryl methyl sites for hydroxylation is 1. The normalized spacial score (nSPS) is 16.5. The van der Waals surface area contributed by atoms with Gasteiger partial charge in [-0.3, -0.25) is 4.79 Å². The summed E-state index contributed by atoms with van der Waals surface area (Å²) in [5.74, 6) is -1.16. The molecule has 16 heteroatoms. The van der Waals surface area contributed by atoms with Gasteiger partial charge in [0.05, 0.1) is 11.3 Å². The fourth-order valence-corrected chi connectivity index (χ4v) is 6.19. The predicted molar refractivity (Wildman–Crippen MR) is 124 cm³/mol. The second kappa shape index (κ2) is 10.7. The van der Waals surface area contributed by atoms with Crippen molar-refractivity contribution in [2.24, 2.45) is 0 Å². The van der Waals surface area contributed by atoms with Crippen molar-refractivity contribution >= 4 is 37.8 Å². The molecule has 1 aromatic carbocycles. The van der Waals surface area contributed by atoms with Gasteiger partial charge in [-0.05, 0) is 37.5 Å². The number of hydrogen-bond acceptors (Lipinski definition) is 8. The van der Waals surface area contributed by atoms with Crippen molar-refractivity contribution in [3.63, 3.8) is 0 Å². The summed E-state index contributed by atoms with van der Waals surface area (Å²) in [5, 5.41) is 2.54. The average Bonchev–Trinajstić information content (AvgIpc) is 3.07. The van der Waals surface area contributed by atoms with Gasteiger partial charge in [0, 0.05) is 31.9 Å². The van der Waals surface area contributed by atoms with Crippen LogP contribution in [0.25, 0.3) is 0 Å². The molecule has 1 saturated heterocycles. The molecule has 0 atom stereocenters. The van der Waals surface area contributed by atoms with E-state index in [0.717, 1.165) is 22.7 Å². The molecule has 1 aliphatic heterocycles. The predicted octanol–water partition coefficient (Wildman–Crippen LogP) is 2.47. The molecule has 1 amide bonds. The largest absolute Gasteiger partial charge is 0.431 e. The van der Waals surface area contributed by atoms with Crippen LogP contribution < -0.4 is 10.0 Å². The Morgan fingerprint density at radius 2 is 1.78 bits per heavy atom. The molecule has 200 valence electrons. The summed E-state index contributed by atoms with van der Waals surface area (Å²) in [6, 6.07) is 2.71. The van der Waals surface area contributed by atoms with Gasteiger partial charge in [0.1, 0.15) is 6.26 Å². The van der Waals surface area contributed by atoms with Crippen LogP contribution in [0.2, 0.25) is 0 Å². The average molecular weight is 554 g/mol. The molecule has 2 heterocycles. The third-order valence-electron chi connectivity index (χ3n) is 5.37. The molecule has 36 heavy (non-hydrogen) atoms. The smallest absolute Gasteiger partial charge is 0.416 e. The Balaban J connectivity index is 1.67. The number of rotatable bonds is 8. The van der Waals surface area contributed by atoms with Crippen LogP contribution in [-0.2, 0) is 26.4 Å². The quantitative estimate of drug-likeness (QED) is 0.508. The minimum atomic E-state index is -4.56. The Bertz CT molecular complexity index is 1310. The van der Waals surface area contributed by atoms with Gasteiger partial charge in [0.25, 0.3) is 11.9 Å². The number of carbonyl (C=O) groups excluding carboxylic acids is 1. The fraction of sp³-hybridized carbons (Fsp3) is 0.500. The molecular formula is C20H26F3N5O6S2. The first-order valence-electron chi connectivity index (χ1n) is 10.9. The van der Waals surface area contributed by atoms with E-state index in [1.165, 1.54) is 10.4 Å². The molecule has 2 N–H and O–H groups in total. The highest BCUT2D eigenvalue weighted by Gasteiger charge is 2.32. The van der Waals surface area contributed by atoms with Crippen LogP contribution in [-0.4, -0.2) is 68.3 Å². The van der Waals surface area contributed by atoms with E-state index in [1.54, 1.807) is 13.8 Å². The van der Waals surface area contributed by atoms with E-state index in [-0.39, 0.29) is 50.1 Å². The number of sulfonamides is 1. The second-order valence-electron chi connectivity index (χ2n) is 8.09. The zero-order valence-electron chi connectivity index (χ0n) is 19.5. The lowest BCUT2D eigenvalue weighted by atomic mass is 10.1. The van der Waals surface area contributed by atoms with Gasteiger partial charge >= 0.3 is 16.4 Å². The molecule has 0 unspecified atom stereocenters. The lowest BCUT2D eigenvalue weighted by Gasteiger charge is -2.21. The number of nitrogens with zero attached hydrogens (tertiary/aromatic N) is 3. The van der Waals surface area contributed by atoms with Crippen molar-refractivity contribution in [1.82, 2.24) is 18.3 Å². The Morgan fingerprint density at radius 1 is 1.11 bits per heavy atom. The lowest BCUT2D eigenvalue weighted by Crippen LogP contribution is -2.45. The number of halogens is 3. The van der Waals surface area contributed by atoms with E-state index >= 15 is 0 Å². The molecular weight excluding hydrogens is 527 g/mol. The number of nitrogens with one attached hydrogen (secondary N) is 2. The molecule has 0 radical (unpaired) electrons. The van der Waals surface area contributed by atoms with Crippen LogP contribution in [0.4, 0.5) is 24.9 Å². The van der Waals surface area contributed by atoms with Crippen LogP contribution in [0.3, 0.4) is 0 Å². The summed E-state index contributed by atoms with van der Waals surface area (Å²) in [5.41, 5.74) is -0.832. The zero-order valence-corrected chi connectivity index (χ0v) is 21.1. The summed E-state index contributed by atoms with van der Waals surface area (Å²) >= 11 is 0. The number of hydrogen-bond donors (Lipinski definition) is 2. The molecule has 1 fully saturated rings. The summed E-state index contributed by atoms with van der Waals surface area (Å²) in [4.78, 5) is 16.3. The van der Waals surface area contributed by atoms with E-state index < -0.39 is 43.6 Å². The highest BCUT2D eigenvalue weighted by atomic mass is 32.2. The van der Waals surface area contributed by atoms with Crippen LogP contribution in [0, 0.1) is 6.92 Å². The van der Waals surface area contributed by atoms with Crippen molar-refractivity contribution in [1.29, 1.82) is 0 Å². The van der Waals surface area contributed by atoms with Gasteiger partial charge < -0.3 is 9.73 Å². The Morgan fingerprint density at radius 3 is 2.44 bits per heavy atom. The molecule has 11 nitrogen and oxygen atoms in total. The topological polar surface area (TPSA) is 142 Å². The maximum Gasteiger partial charge on any atom is 0.416 e.